The minimum absolute atomic E-state index is 0. The summed E-state index contributed by atoms with van der Waals surface area (Å²) in [6.07, 6.45) is 5.00. The first-order valence-electron chi connectivity index (χ1n) is 8.26. The van der Waals surface area contributed by atoms with Gasteiger partial charge in [0.2, 0.25) is 5.91 Å². The molecular formula is C18H29ClN2O. The molecule has 22 heavy (non-hydrogen) atoms. The van der Waals surface area contributed by atoms with Gasteiger partial charge in [-0.1, -0.05) is 44.2 Å². The van der Waals surface area contributed by atoms with Gasteiger partial charge in [0.15, 0.2) is 0 Å². The normalized spacial score (nSPS) is 17.8. The second-order valence-corrected chi connectivity index (χ2v) is 6.13. The van der Waals surface area contributed by atoms with Gasteiger partial charge in [-0.15, -0.1) is 12.4 Å². The first-order valence-corrected chi connectivity index (χ1v) is 8.26. The van der Waals surface area contributed by atoms with E-state index >= 15 is 0 Å². The number of carbonyl (C=O) groups is 1. The Morgan fingerprint density at radius 1 is 1.27 bits per heavy atom. The maximum absolute atomic E-state index is 12.2. The van der Waals surface area contributed by atoms with Crippen molar-refractivity contribution in [3.63, 3.8) is 0 Å². The number of benzene rings is 1. The van der Waals surface area contributed by atoms with Crippen LogP contribution in [0.5, 0.6) is 0 Å². The summed E-state index contributed by atoms with van der Waals surface area (Å²) in [5.74, 6) is 0.177. The first-order chi connectivity index (χ1) is 10.2. The van der Waals surface area contributed by atoms with E-state index in [9.17, 15) is 4.79 Å². The molecule has 0 aliphatic carbocycles. The summed E-state index contributed by atoms with van der Waals surface area (Å²) in [5.41, 5.74) is 1.38. The molecule has 1 aromatic carbocycles. The van der Waals surface area contributed by atoms with Crippen LogP contribution in [0.1, 0.15) is 51.5 Å². The summed E-state index contributed by atoms with van der Waals surface area (Å²) in [6.45, 7) is 6.20. The zero-order valence-corrected chi connectivity index (χ0v) is 14.5. The van der Waals surface area contributed by atoms with Crippen molar-refractivity contribution in [2.75, 3.05) is 13.1 Å². The van der Waals surface area contributed by atoms with Crippen LogP contribution in [0.3, 0.4) is 0 Å². The van der Waals surface area contributed by atoms with E-state index in [1.165, 1.54) is 12.0 Å². The quantitative estimate of drug-likeness (QED) is 0.807. The number of nitrogens with one attached hydrogen (secondary N) is 2. The Labute approximate surface area is 140 Å². The maximum Gasteiger partial charge on any atom is 0.221 e. The van der Waals surface area contributed by atoms with Crippen LogP contribution >= 0.6 is 12.4 Å². The van der Waals surface area contributed by atoms with Crippen LogP contribution in [-0.2, 0) is 10.2 Å². The lowest BCUT2D eigenvalue weighted by atomic mass is 9.76. The van der Waals surface area contributed by atoms with Gasteiger partial charge in [0.05, 0.1) is 0 Å². The molecule has 124 valence electrons. The van der Waals surface area contributed by atoms with Crippen LogP contribution in [0, 0.1) is 0 Å². The fraction of sp³-hybridized carbons (Fsp3) is 0.611. The topological polar surface area (TPSA) is 41.1 Å². The maximum atomic E-state index is 12.2. The third kappa shape index (κ3) is 4.72. The molecule has 1 atom stereocenters. The van der Waals surface area contributed by atoms with Crippen molar-refractivity contribution in [1.82, 2.24) is 10.6 Å². The Bertz CT molecular complexity index is 440. The number of carbonyl (C=O) groups excluding carboxylic acids is 1. The van der Waals surface area contributed by atoms with Crippen molar-refractivity contribution in [3.8, 4) is 0 Å². The first kappa shape index (κ1) is 19.0. The Morgan fingerprint density at radius 2 is 1.95 bits per heavy atom. The highest BCUT2D eigenvalue weighted by atomic mass is 35.5. The zero-order valence-electron chi connectivity index (χ0n) is 13.7. The van der Waals surface area contributed by atoms with E-state index in [2.05, 4.69) is 48.7 Å². The molecule has 1 aliphatic rings. The molecule has 1 aliphatic heterocycles. The average Bonchev–Trinajstić information content (AvgIpc) is 3.03. The van der Waals surface area contributed by atoms with Gasteiger partial charge in [-0.2, -0.15) is 0 Å². The lowest BCUT2D eigenvalue weighted by Gasteiger charge is -2.33. The molecule has 0 bridgehead atoms. The van der Waals surface area contributed by atoms with E-state index < -0.39 is 0 Å². The number of halogens is 1. The second kappa shape index (κ2) is 9.16. The highest BCUT2D eigenvalue weighted by Gasteiger charge is 2.29. The van der Waals surface area contributed by atoms with E-state index in [1.807, 2.05) is 6.07 Å². The molecule has 3 nitrogen and oxygen atoms in total. The molecule has 0 spiro atoms. The fourth-order valence-corrected chi connectivity index (χ4v) is 3.30. The van der Waals surface area contributed by atoms with Gasteiger partial charge >= 0.3 is 0 Å². The van der Waals surface area contributed by atoms with E-state index in [4.69, 9.17) is 0 Å². The van der Waals surface area contributed by atoms with Crippen LogP contribution in [-0.4, -0.2) is 25.0 Å². The van der Waals surface area contributed by atoms with Crippen molar-refractivity contribution in [2.45, 2.75) is 57.4 Å². The summed E-state index contributed by atoms with van der Waals surface area (Å²) >= 11 is 0. The van der Waals surface area contributed by atoms with Crippen molar-refractivity contribution in [3.05, 3.63) is 35.9 Å². The lowest BCUT2D eigenvalue weighted by molar-refractivity contribution is -0.121. The second-order valence-electron chi connectivity index (χ2n) is 6.13. The minimum Gasteiger partial charge on any atom is -0.355 e. The van der Waals surface area contributed by atoms with Gasteiger partial charge < -0.3 is 10.6 Å². The molecule has 1 aromatic rings. The standard InChI is InChI=1S/C18H28N2O.ClH/c1-3-18(4-2,15-9-6-5-7-10-15)14-20-17(21)13-16-11-8-12-19-16;/h5-7,9-10,16,19H,3-4,8,11-14H2,1-2H3,(H,20,21);1H. The highest BCUT2D eigenvalue weighted by molar-refractivity contribution is 5.85. The zero-order chi connectivity index (χ0) is 15.1. The Hall–Kier alpha value is -1.06. The van der Waals surface area contributed by atoms with Crippen LogP contribution in [0.2, 0.25) is 0 Å². The van der Waals surface area contributed by atoms with Crippen LogP contribution in [0.25, 0.3) is 0 Å². The Balaban J connectivity index is 0.00000242. The Morgan fingerprint density at radius 3 is 2.50 bits per heavy atom. The lowest BCUT2D eigenvalue weighted by Crippen LogP contribution is -2.41. The fourth-order valence-electron chi connectivity index (χ4n) is 3.30. The molecule has 1 saturated heterocycles. The van der Waals surface area contributed by atoms with Gasteiger partial charge in [0, 0.05) is 24.4 Å². The van der Waals surface area contributed by atoms with E-state index in [1.54, 1.807) is 0 Å². The summed E-state index contributed by atoms with van der Waals surface area (Å²) in [5, 5.41) is 6.56. The number of hydrogen-bond acceptors (Lipinski definition) is 2. The van der Waals surface area contributed by atoms with Crippen molar-refractivity contribution in [1.29, 1.82) is 0 Å². The van der Waals surface area contributed by atoms with Crippen LogP contribution in [0.4, 0.5) is 0 Å². The minimum atomic E-state index is 0. The van der Waals surface area contributed by atoms with Gasteiger partial charge in [-0.05, 0) is 37.8 Å². The summed E-state index contributed by atoms with van der Waals surface area (Å²) < 4.78 is 0. The highest BCUT2D eigenvalue weighted by Crippen LogP contribution is 2.30. The van der Waals surface area contributed by atoms with Crippen LogP contribution in [0.15, 0.2) is 30.3 Å². The third-order valence-corrected chi connectivity index (χ3v) is 4.96. The molecule has 1 fully saturated rings. The Kier molecular flexibility index (Phi) is 7.91. The molecule has 1 heterocycles. The third-order valence-electron chi connectivity index (χ3n) is 4.96. The average molecular weight is 325 g/mol. The largest absolute Gasteiger partial charge is 0.355 e. The molecule has 0 radical (unpaired) electrons. The number of rotatable bonds is 7. The van der Waals surface area contributed by atoms with Crippen molar-refractivity contribution < 1.29 is 4.79 Å². The van der Waals surface area contributed by atoms with E-state index in [0.29, 0.717) is 12.5 Å². The van der Waals surface area contributed by atoms with Crippen molar-refractivity contribution >= 4 is 18.3 Å². The molecule has 0 aromatic heterocycles. The predicted molar refractivity (Wildman–Crippen MR) is 94.6 cm³/mol. The monoisotopic (exact) mass is 324 g/mol. The van der Waals surface area contributed by atoms with E-state index in [-0.39, 0.29) is 23.7 Å². The molecule has 0 saturated carbocycles. The molecule has 2 rings (SSSR count). The molecule has 1 unspecified atom stereocenters. The number of amides is 1. The molecular weight excluding hydrogens is 296 g/mol. The summed E-state index contributed by atoms with van der Waals surface area (Å²) in [6, 6.07) is 10.9. The molecule has 4 heteroatoms. The van der Waals surface area contributed by atoms with Gasteiger partial charge in [0.1, 0.15) is 0 Å². The molecule has 1 amide bonds. The van der Waals surface area contributed by atoms with Gasteiger partial charge in [-0.3, -0.25) is 4.79 Å². The SMILES string of the molecule is CCC(CC)(CNC(=O)CC1CCCN1)c1ccccc1.Cl. The van der Waals surface area contributed by atoms with Gasteiger partial charge in [0.25, 0.3) is 0 Å². The number of hydrogen-bond donors (Lipinski definition) is 2. The predicted octanol–water partition coefficient (Wildman–Crippen LogP) is 3.42. The van der Waals surface area contributed by atoms with E-state index in [0.717, 1.165) is 32.4 Å². The summed E-state index contributed by atoms with van der Waals surface area (Å²) in [7, 11) is 0. The van der Waals surface area contributed by atoms with Crippen molar-refractivity contribution in [2.24, 2.45) is 0 Å². The summed E-state index contributed by atoms with van der Waals surface area (Å²) in [4.78, 5) is 12.2. The van der Waals surface area contributed by atoms with Crippen LogP contribution < -0.4 is 10.6 Å². The van der Waals surface area contributed by atoms with Gasteiger partial charge in [-0.25, -0.2) is 0 Å². The smallest absolute Gasteiger partial charge is 0.221 e. The molecule has 2 N–H and O–H groups in total.